The van der Waals surface area contributed by atoms with Crippen molar-refractivity contribution in [1.82, 2.24) is 4.90 Å². The van der Waals surface area contributed by atoms with E-state index < -0.39 is 0 Å². The summed E-state index contributed by atoms with van der Waals surface area (Å²) in [5.41, 5.74) is 0. The van der Waals surface area contributed by atoms with Crippen molar-refractivity contribution in [3.05, 3.63) is 25.3 Å². The largest absolute Gasteiger partial charge is 0.383 e. The summed E-state index contributed by atoms with van der Waals surface area (Å²) in [7, 11) is 1.60. The molecule has 0 saturated heterocycles. The van der Waals surface area contributed by atoms with Gasteiger partial charge in [0.2, 0.25) is 5.91 Å². The fraction of sp³-hybridized carbons (Fsp3) is 0.444. The maximum Gasteiger partial charge on any atom is 0.246 e. The lowest BCUT2D eigenvalue weighted by Gasteiger charge is -2.18. The smallest absolute Gasteiger partial charge is 0.246 e. The number of hydrogen-bond acceptors (Lipinski definition) is 2. The second-order valence-corrected chi connectivity index (χ2v) is 2.27. The second kappa shape index (κ2) is 6.61. The first kappa shape index (κ1) is 10.9. The number of methoxy groups -OCH3 is 1. The third kappa shape index (κ3) is 3.93. The van der Waals surface area contributed by atoms with E-state index in [0.717, 1.165) is 0 Å². The van der Waals surface area contributed by atoms with Gasteiger partial charge in [0.15, 0.2) is 0 Å². The summed E-state index contributed by atoms with van der Waals surface area (Å²) < 4.78 is 4.85. The van der Waals surface area contributed by atoms with E-state index in [0.29, 0.717) is 19.7 Å². The van der Waals surface area contributed by atoms with Gasteiger partial charge in [0.25, 0.3) is 0 Å². The fourth-order valence-corrected chi connectivity index (χ4v) is 0.778. The molecule has 0 aliphatic carbocycles. The summed E-state index contributed by atoms with van der Waals surface area (Å²) in [5.74, 6) is -0.0908. The second-order valence-electron chi connectivity index (χ2n) is 2.27. The number of carbonyl (C=O) groups excluding carboxylic acids is 1. The summed E-state index contributed by atoms with van der Waals surface area (Å²) in [6.45, 7) is 8.61. The molecule has 1 amide bonds. The minimum atomic E-state index is -0.0908. The average molecular weight is 169 g/mol. The third-order valence-electron chi connectivity index (χ3n) is 1.40. The Kier molecular flexibility index (Phi) is 6.01. The highest BCUT2D eigenvalue weighted by molar-refractivity contribution is 5.87. The zero-order valence-electron chi connectivity index (χ0n) is 7.45. The molecule has 0 unspecified atom stereocenters. The van der Waals surface area contributed by atoms with Gasteiger partial charge < -0.3 is 9.64 Å². The lowest BCUT2D eigenvalue weighted by molar-refractivity contribution is -0.126. The summed E-state index contributed by atoms with van der Waals surface area (Å²) in [6, 6.07) is 0. The molecule has 68 valence electrons. The average Bonchev–Trinajstić information content (AvgIpc) is 2.11. The number of ether oxygens (including phenoxy) is 1. The minimum absolute atomic E-state index is 0.0908. The molecule has 0 spiro atoms. The predicted molar refractivity (Wildman–Crippen MR) is 48.9 cm³/mol. The lowest BCUT2D eigenvalue weighted by Crippen LogP contribution is -2.32. The molecule has 0 fully saturated rings. The molecular weight excluding hydrogens is 154 g/mol. The normalized spacial score (nSPS) is 9.08. The van der Waals surface area contributed by atoms with Gasteiger partial charge in [-0.15, -0.1) is 6.58 Å². The fourth-order valence-electron chi connectivity index (χ4n) is 0.778. The van der Waals surface area contributed by atoms with Crippen LogP contribution in [0.4, 0.5) is 0 Å². The Hall–Kier alpha value is -1.09. The van der Waals surface area contributed by atoms with E-state index >= 15 is 0 Å². The van der Waals surface area contributed by atoms with Crippen molar-refractivity contribution in [2.75, 3.05) is 26.8 Å². The van der Waals surface area contributed by atoms with Crippen molar-refractivity contribution in [1.29, 1.82) is 0 Å². The predicted octanol–water partition coefficient (Wildman–Crippen LogP) is 0.833. The van der Waals surface area contributed by atoms with E-state index in [1.54, 1.807) is 18.1 Å². The van der Waals surface area contributed by atoms with Gasteiger partial charge >= 0.3 is 0 Å². The molecule has 0 rings (SSSR count). The van der Waals surface area contributed by atoms with Gasteiger partial charge in [0.05, 0.1) is 6.61 Å². The van der Waals surface area contributed by atoms with E-state index in [2.05, 4.69) is 13.2 Å². The van der Waals surface area contributed by atoms with Crippen LogP contribution in [0, 0.1) is 0 Å². The van der Waals surface area contributed by atoms with Crippen molar-refractivity contribution >= 4 is 5.91 Å². The number of carbonyl (C=O) groups is 1. The summed E-state index contributed by atoms with van der Waals surface area (Å²) >= 11 is 0. The molecule has 0 atom stereocenters. The van der Waals surface area contributed by atoms with E-state index in [1.807, 2.05) is 0 Å². The maximum atomic E-state index is 11.1. The van der Waals surface area contributed by atoms with Gasteiger partial charge in [0, 0.05) is 20.2 Å². The molecule has 3 heteroatoms. The Morgan fingerprint density at radius 2 is 2.25 bits per heavy atom. The van der Waals surface area contributed by atoms with Crippen molar-refractivity contribution in [3.63, 3.8) is 0 Å². The number of hydrogen-bond donors (Lipinski definition) is 0. The molecule has 3 nitrogen and oxygen atoms in total. The zero-order chi connectivity index (χ0) is 9.40. The van der Waals surface area contributed by atoms with Crippen molar-refractivity contribution in [3.8, 4) is 0 Å². The molecule has 0 saturated carbocycles. The van der Waals surface area contributed by atoms with Crippen LogP contribution in [0.3, 0.4) is 0 Å². The summed E-state index contributed by atoms with van der Waals surface area (Å²) in [4.78, 5) is 12.7. The van der Waals surface area contributed by atoms with E-state index in [9.17, 15) is 4.79 Å². The SMILES string of the molecule is C=CCN(CCOC)C(=O)C=C. The van der Waals surface area contributed by atoms with Crippen LogP contribution in [0.25, 0.3) is 0 Å². The molecule has 0 N–H and O–H groups in total. The van der Waals surface area contributed by atoms with Gasteiger partial charge in [-0.05, 0) is 6.08 Å². The number of amides is 1. The van der Waals surface area contributed by atoms with Crippen LogP contribution < -0.4 is 0 Å². The quantitative estimate of drug-likeness (QED) is 0.435. The van der Waals surface area contributed by atoms with Gasteiger partial charge in [-0.3, -0.25) is 4.79 Å². The molecular formula is C9H15NO2. The molecule has 0 heterocycles. The van der Waals surface area contributed by atoms with Crippen molar-refractivity contribution in [2.24, 2.45) is 0 Å². The van der Waals surface area contributed by atoms with Crippen LogP contribution >= 0.6 is 0 Å². The van der Waals surface area contributed by atoms with Gasteiger partial charge in [-0.1, -0.05) is 12.7 Å². The first-order chi connectivity index (χ1) is 5.76. The Balaban J connectivity index is 3.92. The molecule has 0 aliphatic heterocycles. The minimum Gasteiger partial charge on any atom is -0.383 e. The Bertz CT molecular complexity index is 166. The third-order valence-corrected chi connectivity index (χ3v) is 1.40. The van der Waals surface area contributed by atoms with Crippen molar-refractivity contribution < 1.29 is 9.53 Å². The van der Waals surface area contributed by atoms with Gasteiger partial charge in [-0.25, -0.2) is 0 Å². The highest BCUT2D eigenvalue weighted by atomic mass is 16.5. The zero-order valence-corrected chi connectivity index (χ0v) is 7.45. The number of rotatable bonds is 6. The Labute approximate surface area is 73.3 Å². The summed E-state index contributed by atoms with van der Waals surface area (Å²) in [6.07, 6.45) is 2.97. The molecule has 0 aromatic carbocycles. The highest BCUT2D eigenvalue weighted by Gasteiger charge is 2.06. The monoisotopic (exact) mass is 169 g/mol. The van der Waals surface area contributed by atoms with E-state index in [1.165, 1.54) is 6.08 Å². The first-order valence-corrected chi connectivity index (χ1v) is 3.77. The maximum absolute atomic E-state index is 11.1. The van der Waals surface area contributed by atoms with E-state index in [4.69, 9.17) is 4.74 Å². The first-order valence-electron chi connectivity index (χ1n) is 3.77. The molecule has 12 heavy (non-hydrogen) atoms. The topological polar surface area (TPSA) is 29.5 Å². The van der Waals surface area contributed by atoms with Crippen LogP contribution in [0.5, 0.6) is 0 Å². The lowest BCUT2D eigenvalue weighted by atomic mass is 10.4. The molecule has 0 aromatic rings. The van der Waals surface area contributed by atoms with Crippen LogP contribution in [0.1, 0.15) is 0 Å². The van der Waals surface area contributed by atoms with Crippen molar-refractivity contribution in [2.45, 2.75) is 0 Å². The highest BCUT2D eigenvalue weighted by Crippen LogP contribution is 1.91. The van der Waals surface area contributed by atoms with Crippen LogP contribution in [-0.4, -0.2) is 37.6 Å². The standard InChI is InChI=1S/C9H15NO2/c1-4-6-10(7-8-12-3)9(11)5-2/h4-5H,1-2,6-8H2,3H3. The molecule has 0 aromatic heterocycles. The van der Waals surface area contributed by atoms with E-state index in [-0.39, 0.29) is 5.91 Å². The number of nitrogens with zero attached hydrogens (tertiary/aromatic N) is 1. The van der Waals surface area contributed by atoms with Crippen LogP contribution in [0.15, 0.2) is 25.3 Å². The molecule has 0 radical (unpaired) electrons. The van der Waals surface area contributed by atoms with Gasteiger partial charge in [0.1, 0.15) is 0 Å². The molecule has 0 bridgehead atoms. The van der Waals surface area contributed by atoms with Gasteiger partial charge in [-0.2, -0.15) is 0 Å². The van der Waals surface area contributed by atoms with Crippen LogP contribution in [0.2, 0.25) is 0 Å². The van der Waals surface area contributed by atoms with Crippen LogP contribution in [-0.2, 0) is 9.53 Å². The molecule has 0 aliphatic rings. The Morgan fingerprint density at radius 1 is 1.58 bits per heavy atom. The Morgan fingerprint density at radius 3 is 2.67 bits per heavy atom. The summed E-state index contributed by atoms with van der Waals surface area (Å²) in [5, 5.41) is 0.